The van der Waals surface area contributed by atoms with Gasteiger partial charge in [-0.3, -0.25) is 14.4 Å². The number of rotatable bonds is 7. The normalized spacial score (nSPS) is 14.6. The highest BCUT2D eigenvalue weighted by molar-refractivity contribution is 9.10. The van der Waals surface area contributed by atoms with Gasteiger partial charge in [-0.2, -0.15) is 0 Å². The summed E-state index contributed by atoms with van der Waals surface area (Å²) in [6, 6.07) is 15.7. The van der Waals surface area contributed by atoms with Crippen molar-refractivity contribution in [2.75, 3.05) is 45.3 Å². The lowest BCUT2D eigenvalue weighted by Gasteiger charge is -2.36. The molecule has 1 aliphatic rings. The number of piperazine rings is 1. The zero-order chi connectivity index (χ0) is 22.7. The quantitative estimate of drug-likeness (QED) is 0.494. The summed E-state index contributed by atoms with van der Waals surface area (Å²) < 4.78 is 15.4. The van der Waals surface area contributed by atoms with Crippen LogP contribution in [0.4, 0.5) is 5.69 Å². The maximum Gasteiger partial charge on any atom is 0.286 e. The Kier molecular flexibility index (Phi) is 6.91. The van der Waals surface area contributed by atoms with Crippen LogP contribution >= 0.6 is 15.9 Å². The van der Waals surface area contributed by atoms with E-state index >= 15 is 0 Å². The number of aromatic nitrogens is 2. The molecule has 1 aliphatic heterocycles. The molecule has 0 spiro atoms. The number of anilines is 1. The van der Waals surface area contributed by atoms with Crippen molar-refractivity contribution in [3.63, 3.8) is 0 Å². The van der Waals surface area contributed by atoms with E-state index in [1.165, 1.54) is 0 Å². The zero-order valence-corrected chi connectivity index (χ0v) is 20.3. The summed E-state index contributed by atoms with van der Waals surface area (Å²) in [7, 11) is 3.35. The highest BCUT2D eigenvalue weighted by atomic mass is 79.9. The molecule has 2 heterocycles. The fourth-order valence-corrected chi connectivity index (χ4v) is 4.77. The first-order valence-electron chi connectivity index (χ1n) is 10.8. The van der Waals surface area contributed by atoms with E-state index in [2.05, 4.69) is 43.4 Å². The summed E-state index contributed by atoms with van der Waals surface area (Å²) in [5.74, 6) is 1.61. The SMILES string of the molecule is CCn1c(CN2CCN(c3ccc(OC)cc3OC)CC2)c(Br)c(=O)n1-c1ccccc1. The first kappa shape index (κ1) is 22.5. The van der Waals surface area contributed by atoms with Crippen LogP contribution in [0.15, 0.2) is 57.8 Å². The Hall–Kier alpha value is -2.71. The first-order valence-corrected chi connectivity index (χ1v) is 11.6. The molecule has 3 aromatic rings. The van der Waals surface area contributed by atoms with Crippen LogP contribution in [-0.4, -0.2) is 54.7 Å². The molecule has 0 aliphatic carbocycles. The van der Waals surface area contributed by atoms with Gasteiger partial charge in [0.15, 0.2) is 0 Å². The van der Waals surface area contributed by atoms with Crippen LogP contribution in [0, 0.1) is 0 Å². The molecule has 0 bridgehead atoms. The topological polar surface area (TPSA) is 51.9 Å². The predicted octanol–water partition coefficient (Wildman–Crippen LogP) is 3.76. The molecular formula is C24H29BrN4O3. The van der Waals surface area contributed by atoms with Gasteiger partial charge in [-0.05, 0) is 47.1 Å². The van der Waals surface area contributed by atoms with Crippen LogP contribution < -0.4 is 19.9 Å². The summed E-state index contributed by atoms with van der Waals surface area (Å²) in [5.41, 5.74) is 2.95. The Morgan fingerprint density at radius 1 is 0.969 bits per heavy atom. The van der Waals surface area contributed by atoms with Gasteiger partial charge in [0.05, 0.1) is 31.3 Å². The summed E-state index contributed by atoms with van der Waals surface area (Å²) in [5, 5.41) is 0. The summed E-state index contributed by atoms with van der Waals surface area (Å²) in [4.78, 5) is 17.8. The van der Waals surface area contributed by atoms with Crippen LogP contribution in [0.2, 0.25) is 0 Å². The van der Waals surface area contributed by atoms with Crippen LogP contribution in [0.3, 0.4) is 0 Å². The Bertz CT molecular complexity index is 1120. The third-order valence-electron chi connectivity index (χ3n) is 5.96. The molecule has 32 heavy (non-hydrogen) atoms. The third kappa shape index (κ3) is 4.29. The third-order valence-corrected chi connectivity index (χ3v) is 6.76. The number of methoxy groups -OCH3 is 2. The van der Waals surface area contributed by atoms with Crippen molar-refractivity contribution in [3.05, 3.63) is 69.1 Å². The van der Waals surface area contributed by atoms with E-state index in [0.29, 0.717) is 11.0 Å². The molecule has 170 valence electrons. The van der Waals surface area contributed by atoms with Crippen LogP contribution in [-0.2, 0) is 13.1 Å². The second kappa shape index (κ2) is 9.83. The number of halogens is 1. The molecule has 0 atom stereocenters. The average molecular weight is 501 g/mol. The lowest BCUT2D eigenvalue weighted by molar-refractivity contribution is 0.240. The van der Waals surface area contributed by atoms with Gasteiger partial charge in [0.1, 0.15) is 16.0 Å². The first-order chi connectivity index (χ1) is 15.6. The number of nitrogens with zero attached hydrogens (tertiary/aromatic N) is 4. The molecule has 0 radical (unpaired) electrons. The predicted molar refractivity (Wildman–Crippen MR) is 130 cm³/mol. The molecule has 1 saturated heterocycles. The summed E-state index contributed by atoms with van der Waals surface area (Å²) in [6.07, 6.45) is 0. The molecule has 0 N–H and O–H groups in total. The number of para-hydroxylation sites is 1. The maximum absolute atomic E-state index is 13.0. The number of hydrogen-bond donors (Lipinski definition) is 0. The van der Waals surface area contributed by atoms with E-state index in [-0.39, 0.29) is 5.56 Å². The lowest BCUT2D eigenvalue weighted by atomic mass is 10.2. The van der Waals surface area contributed by atoms with Crippen molar-refractivity contribution in [1.29, 1.82) is 0 Å². The second-order valence-corrected chi connectivity index (χ2v) is 8.52. The lowest BCUT2D eigenvalue weighted by Crippen LogP contribution is -2.46. The summed E-state index contributed by atoms with van der Waals surface area (Å²) >= 11 is 3.58. The van der Waals surface area contributed by atoms with Crippen LogP contribution in [0.25, 0.3) is 5.69 Å². The van der Waals surface area contributed by atoms with E-state index in [1.54, 1.807) is 18.9 Å². The maximum atomic E-state index is 13.0. The molecule has 0 saturated carbocycles. The van der Waals surface area contributed by atoms with E-state index in [9.17, 15) is 4.79 Å². The van der Waals surface area contributed by atoms with Crippen molar-refractivity contribution >= 4 is 21.6 Å². The fourth-order valence-electron chi connectivity index (χ4n) is 4.27. The standard InChI is InChI=1S/C24H29BrN4O3/c1-4-28-21(23(25)24(30)29(28)18-8-6-5-7-9-18)17-26-12-14-27(15-13-26)20-11-10-19(31-2)16-22(20)32-3/h5-11,16H,4,12-15,17H2,1-3H3. The van der Waals surface area contributed by atoms with Gasteiger partial charge in [0.25, 0.3) is 5.56 Å². The van der Waals surface area contributed by atoms with Gasteiger partial charge in [-0.15, -0.1) is 0 Å². The highest BCUT2D eigenvalue weighted by Crippen LogP contribution is 2.33. The van der Waals surface area contributed by atoms with Gasteiger partial charge < -0.3 is 14.4 Å². The van der Waals surface area contributed by atoms with Gasteiger partial charge in [-0.1, -0.05) is 18.2 Å². The Morgan fingerprint density at radius 3 is 2.31 bits per heavy atom. The molecule has 0 amide bonds. The largest absolute Gasteiger partial charge is 0.497 e. The second-order valence-electron chi connectivity index (χ2n) is 7.73. The minimum atomic E-state index is -0.0188. The molecule has 2 aromatic carbocycles. The number of hydrogen-bond acceptors (Lipinski definition) is 5. The number of benzene rings is 2. The van der Waals surface area contributed by atoms with Crippen molar-refractivity contribution in [2.45, 2.75) is 20.0 Å². The van der Waals surface area contributed by atoms with E-state index in [0.717, 1.165) is 61.3 Å². The summed E-state index contributed by atoms with van der Waals surface area (Å²) in [6.45, 7) is 7.08. The smallest absolute Gasteiger partial charge is 0.286 e. The highest BCUT2D eigenvalue weighted by Gasteiger charge is 2.24. The monoisotopic (exact) mass is 500 g/mol. The van der Waals surface area contributed by atoms with Crippen molar-refractivity contribution in [3.8, 4) is 17.2 Å². The van der Waals surface area contributed by atoms with Crippen LogP contribution in [0.1, 0.15) is 12.6 Å². The van der Waals surface area contributed by atoms with Crippen molar-refractivity contribution in [1.82, 2.24) is 14.3 Å². The Morgan fingerprint density at radius 2 is 1.69 bits per heavy atom. The minimum Gasteiger partial charge on any atom is -0.497 e. The minimum absolute atomic E-state index is 0.0188. The molecule has 8 heteroatoms. The van der Waals surface area contributed by atoms with Crippen molar-refractivity contribution < 1.29 is 9.47 Å². The van der Waals surface area contributed by atoms with Gasteiger partial charge in [0, 0.05) is 45.3 Å². The van der Waals surface area contributed by atoms with E-state index < -0.39 is 0 Å². The van der Waals surface area contributed by atoms with Gasteiger partial charge in [-0.25, -0.2) is 4.68 Å². The molecule has 0 unspecified atom stereocenters. The zero-order valence-electron chi connectivity index (χ0n) is 18.8. The molecule has 4 rings (SSSR count). The van der Waals surface area contributed by atoms with Crippen LogP contribution in [0.5, 0.6) is 11.5 Å². The van der Waals surface area contributed by atoms with E-state index in [1.807, 2.05) is 42.5 Å². The Labute approximate surface area is 196 Å². The Balaban J connectivity index is 1.51. The van der Waals surface area contributed by atoms with Crippen molar-refractivity contribution in [2.24, 2.45) is 0 Å². The molecule has 1 fully saturated rings. The molecular weight excluding hydrogens is 472 g/mol. The van der Waals surface area contributed by atoms with Gasteiger partial charge >= 0.3 is 0 Å². The van der Waals surface area contributed by atoms with Gasteiger partial charge in [0.2, 0.25) is 0 Å². The molecule has 7 nitrogen and oxygen atoms in total. The number of ether oxygens (including phenoxy) is 2. The fraction of sp³-hybridized carbons (Fsp3) is 0.375. The average Bonchev–Trinajstić information content (AvgIpc) is 3.09. The molecule has 1 aromatic heterocycles. The van der Waals surface area contributed by atoms with E-state index in [4.69, 9.17) is 9.47 Å².